The van der Waals surface area contributed by atoms with Crippen LogP contribution in [0.4, 0.5) is 5.69 Å². The first-order valence-corrected chi connectivity index (χ1v) is 11.8. The van der Waals surface area contributed by atoms with E-state index in [9.17, 15) is 9.59 Å². The normalized spacial score (nSPS) is 20.3. The maximum Gasteiger partial charge on any atom is 0.251 e. The number of hydrogen-bond donors (Lipinski definition) is 2. The van der Waals surface area contributed by atoms with Gasteiger partial charge < -0.3 is 20.7 Å². The number of nitrogens with zero attached hydrogens (tertiary/aromatic N) is 2. The van der Waals surface area contributed by atoms with Gasteiger partial charge in [-0.2, -0.15) is 0 Å². The lowest BCUT2D eigenvalue weighted by atomic mass is 9.97. The van der Waals surface area contributed by atoms with E-state index in [1.54, 1.807) is 0 Å². The van der Waals surface area contributed by atoms with E-state index in [0.29, 0.717) is 31.9 Å². The summed E-state index contributed by atoms with van der Waals surface area (Å²) in [6, 6.07) is 16.2. The number of anilines is 1. The summed E-state index contributed by atoms with van der Waals surface area (Å²) in [5.74, 6) is -0.430. The quantitative estimate of drug-likeness (QED) is 0.677. The van der Waals surface area contributed by atoms with Crippen LogP contribution in [0.1, 0.15) is 40.4 Å². The SMILES string of the molecule is Cc1cccc([C@@H](CNC(=O)c2ccc(N3CCC[C@H](C(N)=O)C3)cc2)N2CCOCC2)c1. The van der Waals surface area contributed by atoms with E-state index in [0.717, 1.165) is 38.2 Å². The highest BCUT2D eigenvalue weighted by atomic mass is 16.5. The predicted octanol–water partition coefficient (Wildman–Crippen LogP) is 2.50. The zero-order chi connectivity index (χ0) is 23.2. The Morgan fingerprint density at radius 1 is 1.12 bits per heavy atom. The molecule has 0 aliphatic carbocycles. The summed E-state index contributed by atoms with van der Waals surface area (Å²) in [7, 11) is 0. The van der Waals surface area contributed by atoms with Gasteiger partial charge >= 0.3 is 0 Å². The molecule has 0 aromatic heterocycles. The minimum absolute atomic E-state index is 0.0823. The molecule has 2 aromatic carbocycles. The van der Waals surface area contributed by atoms with Crippen LogP contribution in [0.5, 0.6) is 0 Å². The van der Waals surface area contributed by atoms with E-state index in [-0.39, 0.29) is 23.8 Å². The Morgan fingerprint density at radius 3 is 2.58 bits per heavy atom. The first kappa shape index (κ1) is 23.3. The second-order valence-corrected chi connectivity index (χ2v) is 9.02. The van der Waals surface area contributed by atoms with Gasteiger partial charge in [0, 0.05) is 44.0 Å². The smallest absolute Gasteiger partial charge is 0.251 e. The molecule has 2 amide bonds. The number of amides is 2. The van der Waals surface area contributed by atoms with Crippen LogP contribution in [-0.4, -0.2) is 62.7 Å². The Kier molecular flexibility index (Phi) is 7.62. The van der Waals surface area contributed by atoms with Crippen molar-refractivity contribution >= 4 is 17.5 Å². The maximum atomic E-state index is 12.9. The Hall–Kier alpha value is -2.90. The third-order valence-corrected chi connectivity index (χ3v) is 6.69. The third kappa shape index (κ3) is 5.92. The van der Waals surface area contributed by atoms with Gasteiger partial charge in [-0.1, -0.05) is 29.8 Å². The average Bonchev–Trinajstić information content (AvgIpc) is 2.85. The van der Waals surface area contributed by atoms with E-state index in [1.807, 2.05) is 24.3 Å². The molecule has 0 unspecified atom stereocenters. The van der Waals surface area contributed by atoms with Crippen LogP contribution in [0.3, 0.4) is 0 Å². The molecule has 4 rings (SSSR count). The van der Waals surface area contributed by atoms with E-state index < -0.39 is 0 Å². The first-order valence-electron chi connectivity index (χ1n) is 11.8. The zero-order valence-corrected chi connectivity index (χ0v) is 19.3. The standard InChI is InChI=1S/C26H34N4O3/c1-19-4-2-5-21(16-19)24(29-12-14-33-15-13-29)17-28-26(32)20-7-9-23(10-8-20)30-11-3-6-22(18-30)25(27)31/h2,4-5,7-10,16,22,24H,3,6,11-15,17-18H2,1H3,(H2,27,31)(H,28,32)/t22-,24+/m0/s1. The average molecular weight is 451 g/mol. The van der Waals surface area contributed by atoms with Crippen LogP contribution in [0.25, 0.3) is 0 Å². The van der Waals surface area contributed by atoms with Crippen molar-refractivity contribution in [2.45, 2.75) is 25.8 Å². The monoisotopic (exact) mass is 450 g/mol. The Balaban J connectivity index is 1.40. The van der Waals surface area contributed by atoms with Crippen LogP contribution in [0.15, 0.2) is 48.5 Å². The van der Waals surface area contributed by atoms with Crippen LogP contribution in [0.2, 0.25) is 0 Å². The fourth-order valence-electron chi connectivity index (χ4n) is 4.78. The van der Waals surface area contributed by atoms with Gasteiger partial charge in [0.15, 0.2) is 0 Å². The molecule has 0 saturated carbocycles. The van der Waals surface area contributed by atoms with Gasteiger partial charge in [-0.15, -0.1) is 0 Å². The second kappa shape index (κ2) is 10.8. The number of ether oxygens (including phenoxy) is 1. The Labute approximate surface area is 195 Å². The topological polar surface area (TPSA) is 87.9 Å². The molecule has 0 bridgehead atoms. The van der Waals surface area contributed by atoms with Crippen molar-refractivity contribution in [2.24, 2.45) is 11.7 Å². The molecule has 33 heavy (non-hydrogen) atoms. The lowest BCUT2D eigenvalue weighted by Crippen LogP contribution is -2.43. The molecular formula is C26H34N4O3. The predicted molar refractivity (Wildman–Crippen MR) is 129 cm³/mol. The van der Waals surface area contributed by atoms with Gasteiger partial charge in [0.25, 0.3) is 5.91 Å². The molecule has 2 fully saturated rings. The van der Waals surface area contributed by atoms with E-state index in [1.165, 1.54) is 11.1 Å². The first-order chi connectivity index (χ1) is 16.0. The molecule has 2 aromatic rings. The lowest BCUT2D eigenvalue weighted by molar-refractivity contribution is -0.122. The summed E-state index contributed by atoms with van der Waals surface area (Å²) in [5, 5.41) is 3.14. The van der Waals surface area contributed by atoms with Gasteiger partial charge in [0.2, 0.25) is 5.91 Å². The number of benzene rings is 2. The molecular weight excluding hydrogens is 416 g/mol. The summed E-state index contributed by atoms with van der Waals surface area (Å²) < 4.78 is 5.53. The number of carbonyl (C=O) groups excluding carboxylic acids is 2. The summed E-state index contributed by atoms with van der Waals surface area (Å²) >= 11 is 0. The highest BCUT2D eigenvalue weighted by molar-refractivity contribution is 5.94. The van der Waals surface area contributed by atoms with Crippen LogP contribution in [0, 0.1) is 12.8 Å². The molecule has 2 aliphatic rings. The number of primary amides is 1. The zero-order valence-electron chi connectivity index (χ0n) is 19.3. The van der Waals surface area contributed by atoms with E-state index >= 15 is 0 Å². The van der Waals surface area contributed by atoms with Crippen molar-refractivity contribution in [3.05, 3.63) is 65.2 Å². The highest BCUT2D eigenvalue weighted by Gasteiger charge is 2.25. The van der Waals surface area contributed by atoms with Crippen molar-refractivity contribution in [3.63, 3.8) is 0 Å². The molecule has 2 aliphatic heterocycles. The van der Waals surface area contributed by atoms with Crippen molar-refractivity contribution in [1.29, 1.82) is 0 Å². The summed E-state index contributed by atoms with van der Waals surface area (Å²) in [6.07, 6.45) is 1.79. The number of nitrogens with two attached hydrogens (primary N) is 1. The van der Waals surface area contributed by atoms with Crippen molar-refractivity contribution < 1.29 is 14.3 Å². The minimum atomic E-state index is -0.237. The number of hydrogen-bond acceptors (Lipinski definition) is 5. The molecule has 0 spiro atoms. The summed E-state index contributed by atoms with van der Waals surface area (Å²) in [6.45, 7) is 7.29. The van der Waals surface area contributed by atoms with Gasteiger partial charge in [-0.25, -0.2) is 0 Å². The maximum absolute atomic E-state index is 12.9. The molecule has 0 radical (unpaired) electrons. The minimum Gasteiger partial charge on any atom is -0.379 e. The number of rotatable bonds is 7. The van der Waals surface area contributed by atoms with E-state index in [2.05, 4.69) is 46.3 Å². The molecule has 176 valence electrons. The van der Waals surface area contributed by atoms with Crippen molar-refractivity contribution in [2.75, 3.05) is 50.8 Å². The van der Waals surface area contributed by atoms with Gasteiger partial charge in [0.1, 0.15) is 0 Å². The van der Waals surface area contributed by atoms with Crippen LogP contribution >= 0.6 is 0 Å². The summed E-state index contributed by atoms with van der Waals surface area (Å²) in [5.41, 5.74) is 9.57. The van der Waals surface area contributed by atoms with Crippen molar-refractivity contribution in [1.82, 2.24) is 10.2 Å². The third-order valence-electron chi connectivity index (χ3n) is 6.69. The fraction of sp³-hybridized carbons (Fsp3) is 0.462. The second-order valence-electron chi connectivity index (χ2n) is 9.02. The molecule has 2 atom stereocenters. The number of nitrogens with one attached hydrogen (secondary N) is 1. The number of aryl methyl sites for hydroxylation is 1. The lowest BCUT2D eigenvalue weighted by Gasteiger charge is -2.35. The highest BCUT2D eigenvalue weighted by Crippen LogP contribution is 2.24. The van der Waals surface area contributed by atoms with Gasteiger partial charge in [0.05, 0.1) is 25.2 Å². The molecule has 3 N–H and O–H groups in total. The van der Waals surface area contributed by atoms with Gasteiger partial charge in [-0.3, -0.25) is 14.5 Å². The largest absolute Gasteiger partial charge is 0.379 e. The number of piperidine rings is 1. The number of carbonyl (C=O) groups is 2. The van der Waals surface area contributed by atoms with Crippen LogP contribution in [-0.2, 0) is 9.53 Å². The van der Waals surface area contributed by atoms with Crippen molar-refractivity contribution in [3.8, 4) is 0 Å². The summed E-state index contributed by atoms with van der Waals surface area (Å²) in [4.78, 5) is 29.1. The molecule has 7 heteroatoms. The Morgan fingerprint density at radius 2 is 1.88 bits per heavy atom. The van der Waals surface area contributed by atoms with Gasteiger partial charge in [-0.05, 0) is 49.6 Å². The van der Waals surface area contributed by atoms with Crippen LogP contribution < -0.4 is 16.0 Å². The number of morpholine rings is 1. The molecule has 7 nitrogen and oxygen atoms in total. The Bertz CT molecular complexity index is 956. The molecule has 2 heterocycles. The fourth-order valence-corrected chi connectivity index (χ4v) is 4.78. The molecule has 2 saturated heterocycles. The van der Waals surface area contributed by atoms with E-state index in [4.69, 9.17) is 10.5 Å².